The van der Waals surface area contributed by atoms with Gasteiger partial charge in [-0.2, -0.15) is 0 Å². The van der Waals surface area contributed by atoms with Gasteiger partial charge in [0.15, 0.2) is 5.03 Å². The number of rotatable bonds is 8. The van der Waals surface area contributed by atoms with Crippen LogP contribution in [-0.4, -0.2) is 61.1 Å². The molecule has 0 atom stereocenters. The molecule has 8 nitrogen and oxygen atoms in total. The van der Waals surface area contributed by atoms with Crippen molar-refractivity contribution in [3.05, 3.63) is 58.8 Å². The van der Waals surface area contributed by atoms with Gasteiger partial charge in [-0.15, -0.1) is 0 Å². The molecule has 10 heteroatoms. The van der Waals surface area contributed by atoms with Gasteiger partial charge in [0.05, 0.1) is 24.9 Å². The molecule has 1 aromatic carbocycles. The number of benzene rings is 1. The van der Waals surface area contributed by atoms with Crippen molar-refractivity contribution in [1.82, 2.24) is 19.9 Å². The smallest absolute Gasteiger partial charge is 0.216 e. The number of halogens is 1. The minimum Gasteiger partial charge on any atom is -0.379 e. The van der Waals surface area contributed by atoms with Gasteiger partial charge in [-0.25, -0.2) is 23.4 Å². The lowest BCUT2D eigenvalue weighted by Gasteiger charge is -2.26. The van der Waals surface area contributed by atoms with Gasteiger partial charge in [0.2, 0.25) is 9.84 Å². The second-order valence-electron chi connectivity index (χ2n) is 7.41. The quantitative estimate of drug-likeness (QED) is 0.448. The topological polar surface area (TPSA) is 97.3 Å². The molecular weight excluding hydrogens is 494 g/mol. The van der Waals surface area contributed by atoms with Gasteiger partial charge in [-0.1, -0.05) is 28.1 Å². The first-order valence-electron chi connectivity index (χ1n) is 10.4. The second kappa shape index (κ2) is 10.5. The van der Waals surface area contributed by atoms with Crippen molar-refractivity contribution in [3.63, 3.8) is 0 Å². The number of aromatic nitrogens is 3. The average Bonchev–Trinajstić information content (AvgIpc) is 2.79. The van der Waals surface area contributed by atoms with Gasteiger partial charge < -0.3 is 10.1 Å². The number of nitrogens with zero attached hydrogens (tertiary/aromatic N) is 4. The zero-order chi connectivity index (χ0) is 22.4. The maximum absolute atomic E-state index is 12.8. The average molecular weight is 518 g/mol. The highest BCUT2D eigenvalue weighted by Crippen LogP contribution is 2.26. The van der Waals surface area contributed by atoms with Crippen molar-refractivity contribution in [2.45, 2.75) is 17.9 Å². The molecule has 3 heterocycles. The summed E-state index contributed by atoms with van der Waals surface area (Å²) in [4.78, 5) is 15.0. The number of hydrogen-bond acceptors (Lipinski definition) is 8. The fourth-order valence-electron chi connectivity index (χ4n) is 3.42. The molecule has 0 saturated carbocycles. The molecule has 32 heavy (non-hydrogen) atoms. The van der Waals surface area contributed by atoms with E-state index in [0.717, 1.165) is 49.4 Å². The van der Waals surface area contributed by atoms with Gasteiger partial charge >= 0.3 is 0 Å². The summed E-state index contributed by atoms with van der Waals surface area (Å²) >= 11 is 3.44. The molecule has 2 aromatic heterocycles. The fourth-order valence-corrected chi connectivity index (χ4v) is 4.83. The van der Waals surface area contributed by atoms with E-state index in [1.165, 1.54) is 24.0 Å². The highest BCUT2D eigenvalue weighted by Gasteiger charge is 2.15. The van der Waals surface area contributed by atoms with Crippen LogP contribution in [0.15, 0.2) is 63.8 Å². The maximum atomic E-state index is 12.8. The van der Waals surface area contributed by atoms with E-state index in [4.69, 9.17) is 4.74 Å². The Kier molecular flexibility index (Phi) is 7.46. The van der Waals surface area contributed by atoms with E-state index in [1.54, 1.807) is 6.08 Å². The van der Waals surface area contributed by atoms with Gasteiger partial charge in [0.1, 0.15) is 12.1 Å². The van der Waals surface area contributed by atoms with Crippen molar-refractivity contribution < 1.29 is 13.2 Å². The van der Waals surface area contributed by atoms with E-state index in [1.807, 2.05) is 24.3 Å². The van der Waals surface area contributed by atoms with Crippen molar-refractivity contribution in [1.29, 1.82) is 0 Å². The van der Waals surface area contributed by atoms with E-state index in [-0.39, 0.29) is 5.03 Å². The van der Waals surface area contributed by atoms with Gasteiger partial charge in [0, 0.05) is 34.0 Å². The second-order valence-corrected chi connectivity index (χ2v) is 10.1. The molecule has 0 aliphatic carbocycles. The Balaban J connectivity index is 1.47. The van der Waals surface area contributed by atoms with Crippen LogP contribution < -0.4 is 5.32 Å². The Bertz CT molecular complexity index is 1210. The molecule has 3 aromatic rings. The molecule has 0 spiro atoms. The summed E-state index contributed by atoms with van der Waals surface area (Å²) < 4.78 is 31.9. The summed E-state index contributed by atoms with van der Waals surface area (Å²) in [7, 11) is -3.67. The number of pyridine rings is 1. The predicted octanol–water partition coefficient (Wildman–Crippen LogP) is 3.93. The number of hydrogen-bond donors (Lipinski definition) is 1. The zero-order valence-electron chi connectivity index (χ0n) is 17.4. The number of ether oxygens (including phenoxy) is 1. The molecule has 4 rings (SSSR count). The van der Waals surface area contributed by atoms with E-state index >= 15 is 0 Å². The van der Waals surface area contributed by atoms with Crippen LogP contribution in [-0.2, 0) is 14.6 Å². The van der Waals surface area contributed by atoms with Crippen LogP contribution in [0.25, 0.3) is 10.9 Å². The van der Waals surface area contributed by atoms with Crippen LogP contribution in [0.1, 0.15) is 12.8 Å². The fraction of sp³-hybridized carbons (Fsp3) is 0.318. The SMILES string of the molecule is O=S(=O)(/C=C/CCCN1CCOCC1)c1cc2c(Nc3cccc(Br)c3)ncnc2cn1. The van der Waals surface area contributed by atoms with Gasteiger partial charge in [-0.05, 0) is 43.7 Å². The highest BCUT2D eigenvalue weighted by molar-refractivity contribution is 9.10. The molecular formula is C22H24BrN5O3S. The monoisotopic (exact) mass is 517 g/mol. The molecule has 1 N–H and O–H groups in total. The standard InChI is InChI=1S/C22H24BrN5O3S/c23-17-5-4-6-18(13-17)27-22-19-14-21(24-15-20(19)25-16-26-22)32(29,30)12-3-1-2-7-28-8-10-31-11-9-28/h3-6,12-16H,1-2,7-11H2,(H,25,26,27)/b12-3+. The Morgan fingerprint density at radius 3 is 2.81 bits per heavy atom. The number of sulfone groups is 1. The summed E-state index contributed by atoms with van der Waals surface area (Å²) in [5, 5.41) is 5.02. The largest absolute Gasteiger partial charge is 0.379 e. The van der Waals surface area contributed by atoms with Crippen molar-refractivity contribution >= 4 is 48.2 Å². The van der Waals surface area contributed by atoms with Crippen molar-refractivity contribution in [2.75, 3.05) is 38.2 Å². The lowest BCUT2D eigenvalue weighted by atomic mass is 10.2. The zero-order valence-corrected chi connectivity index (χ0v) is 19.8. The minimum absolute atomic E-state index is 0.0264. The van der Waals surface area contributed by atoms with Crippen molar-refractivity contribution in [2.24, 2.45) is 0 Å². The lowest BCUT2D eigenvalue weighted by molar-refractivity contribution is 0.0375. The Morgan fingerprint density at radius 1 is 1.16 bits per heavy atom. The van der Waals surface area contributed by atoms with E-state index in [9.17, 15) is 8.42 Å². The molecule has 1 aliphatic heterocycles. The van der Waals surface area contributed by atoms with Gasteiger partial charge in [-0.3, -0.25) is 4.90 Å². The Labute approximate surface area is 195 Å². The summed E-state index contributed by atoms with van der Waals surface area (Å²) in [6, 6.07) is 9.15. The van der Waals surface area contributed by atoms with Crippen LogP contribution >= 0.6 is 15.9 Å². The minimum atomic E-state index is -3.67. The molecule has 0 bridgehead atoms. The Morgan fingerprint density at radius 2 is 2.00 bits per heavy atom. The van der Waals surface area contributed by atoms with Crippen molar-refractivity contribution in [3.8, 4) is 0 Å². The number of unbranched alkanes of at least 4 members (excludes halogenated alkanes) is 1. The molecule has 1 aliphatic rings. The molecule has 0 radical (unpaired) electrons. The number of allylic oxidation sites excluding steroid dienone is 1. The third-order valence-electron chi connectivity index (χ3n) is 5.10. The first kappa shape index (κ1) is 22.8. The maximum Gasteiger partial charge on any atom is 0.216 e. The molecule has 1 fully saturated rings. The van der Waals surface area contributed by atoms with Crippen LogP contribution in [0, 0.1) is 0 Å². The number of anilines is 2. The van der Waals surface area contributed by atoms with E-state index in [0.29, 0.717) is 23.1 Å². The van der Waals surface area contributed by atoms with Crippen LogP contribution in [0.5, 0.6) is 0 Å². The predicted molar refractivity (Wildman–Crippen MR) is 128 cm³/mol. The van der Waals surface area contributed by atoms with Gasteiger partial charge in [0.25, 0.3) is 0 Å². The number of fused-ring (bicyclic) bond motifs is 1. The van der Waals surface area contributed by atoms with E-state index < -0.39 is 9.84 Å². The van der Waals surface area contributed by atoms with Crippen LogP contribution in [0.4, 0.5) is 11.5 Å². The third-order valence-corrected chi connectivity index (χ3v) is 6.95. The first-order valence-corrected chi connectivity index (χ1v) is 12.7. The summed E-state index contributed by atoms with van der Waals surface area (Å²) in [5.41, 5.74) is 1.38. The van der Waals surface area contributed by atoms with E-state index in [2.05, 4.69) is 41.1 Å². The highest BCUT2D eigenvalue weighted by atomic mass is 79.9. The molecule has 1 saturated heterocycles. The first-order chi connectivity index (χ1) is 15.5. The number of nitrogens with one attached hydrogen (secondary N) is 1. The molecule has 168 valence electrons. The summed E-state index contributed by atoms with van der Waals surface area (Å²) in [6.07, 6.45) is 6.16. The summed E-state index contributed by atoms with van der Waals surface area (Å²) in [6.45, 7) is 4.33. The van der Waals surface area contributed by atoms with Crippen LogP contribution in [0.2, 0.25) is 0 Å². The number of morpholine rings is 1. The third kappa shape index (κ3) is 5.89. The Hall–Kier alpha value is -2.40. The summed E-state index contributed by atoms with van der Waals surface area (Å²) in [5.74, 6) is 0.515. The lowest BCUT2D eigenvalue weighted by Crippen LogP contribution is -2.36. The normalized spacial score (nSPS) is 15.4. The molecule has 0 amide bonds. The van der Waals surface area contributed by atoms with Crippen LogP contribution in [0.3, 0.4) is 0 Å². The molecule has 0 unspecified atom stereocenters.